The first-order valence-electron chi connectivity index (χ1n) is 4.91. The molecule has 0 aromatic heterocycles. The van der Waals surface area contributed by atoms with Crippen LogP contribution in [0.2, 0.25) is 0 Å². The minimum atomic E-state index is -0.170. The minimum absolute atomic E-state index is 0.122. The molecule has 0 aliphatic heterocycles. The van der Waals surface area contributed by atoms with Crippen LogP contribution in [0.3, 0.4) is 0 Å². The van der Waals surface area contributed by atoms with E-state index in [1.807, 2.05) is 0 Å². The molecular weight excluding hydrogens is 196 g/mol. The summed E-state index contributed by atoms with van der Waals surface area (Å²) in [6.07, 6.45) is 3.86. The maximum Gasteiger partial charge on any atom is 0.265 e. The molecule has 0 saturated heterocycles. The van der Waals surface area contributed by atoms with Crippen LogP contribution < -0.4 is 5.32 Å². The fraction of sp³-hybridized carbons (Fsp3) is 0.600. The summed E-state index contributed by atoms with van der Waals surface area (Å²) in [7, 11) is 2.98. The molecule has 0 heterocycles. The minimum Gasteiger partial charge on any atom is -0.379 e. The highest BCUT2D eigenvalue weighted by Gasteiger charge is 2.12. The molecule has 5 nitrogen and oxygen atoms in total. The Hall–Kier alpha value is -1.36. The fourth-order valence-electron chi connectivity index (χ4n) is 1.33. The molecule has 0 unspecified atom stereocenters. The Bertz CT molecular complexity index is 286. The molecule has 1 N–H and O–H groups in total. The van der Waals surface area contributed by atoms with E-state index in [-0.39, 0.29) is 18.2 Å². The molecule has 0 spiro atoms. The number of hydroxylamine groups is 2. The van der Waals surface area contributed by atoms with Gasteiger partial charge in [0.05, 0.1) is 13.7 Å². The molecule has 1 amide bonds. The average molecular weight is 212 g/mol. The van der Waals surface area contributed by atoms with Gasteiger partial charge in [0, 0.05) is 25.2 Å². The second-order valence-corrected chi connectivity index (χ2v) is 3.42. The standard InChI is InChI=1S/C10H16N2O3/c1-12(15-2)10(14)7-11-8-4-3-5-9(13)6-8/h6,11H,3-5,7H2,1-2H3. The number of carbonyl (C=O) groups excluding carboxylic acids is 2. The molecule has 1 aliphatic carbocycles. The van der Waals surface area contributed by atoms with Crippen LogP contribution in [0.15, 0.2) is 11.8 Å². The Morgan fingerprint density at radius 1 is 1.60 bits per heavy atom. The van der Waals surface area contributed by atoms with Gasteiger partial charge >= 0.3 is 0 Å². The van der Waals surface area contributed by atoms with Crippen molar-refractivity contribution in [1.29, 1.82) is 0 Å². The van der Waals surface area contributed by atoms with Gasteiger partial charge in [-0.25, -0.2) is 5.06 Å². The SMILES string of the molecule is CON(C)C(=O)CNC1=CC(=O)CCC1. The predicted molar refractivity (Wildman–Crippen MR) is 54.7 cm³/mol. The molecule has 84 valence electrons. The van der Waals surface area contributed by atoms with Crippen LogP contribution in [0.4, 0.5) is 0 Å². The summed E-state index contributed by atoms with van der Waals surface area (Å²) in [5.41, 5.74) is 0.837. The second kappa shape index (κ2) is 5.50. The number of rotatable bonds is 4. The first-order valence-corrected chi connectivity index (χ1v) is 4.91. The molecule has 0 bridgehead atoms. The summed E-state index contributed by atoms with van der Waals surface area (Å²) >= 11 is 0. The highest BCUT2D eigenvalue weighted by molar-refractivity contribution is 5.91. The predicted octanol–water partition coefficient (Wildman–Crippen LogP) is 0.233. The van der Waals surface area contributed by atoms with Gasteiger partial charge in [0.15, 0.2) is 5.78 Å². The van der Waals surface area contributed by atoms with Crippen molar-refractivity contribution in [2.75, 3.05) is 20.7 Å². The summed E-state index contributed by atoms with van der Waals surface area (Å²) in [5.74, 6) is -0.0484. The van der Waals surface area contributed by atoms with E-state index in [0.717, 1.165) is 23.6 Å². The number of likely N-dealkylation sites (N-methyl/N-ethyl adjacent to an activating group) is 1. The highest BCUT2D eigenvalue weighted by Crippen LogP contribution is 2.12. The van der Waals surface area contributed by atoms with Gasteiger partial charge in [-0.2, -0.15) is 0 Å². The van der Waals surface area contributed by atoms with Crippen molar-refractivity contribution in [1.82, 2.24) is 10.4 Å². The first kappa shape index (κ1) is 11.7. The molecule has 0 saturated carbocycles. The van der Waals surface area contributed by atoms with Crippen LogP contribution in [0.1, 0.15) is 19.3 Å². The number of ketones is 1. The third-order valence-corrected chi connectivity index (χ3v) is 2.30. The smallest absolute Gasteiger partial charge is 0.265 e. The second-order valence-electron chi connectivity index (χ2n) is 3.42. The van der Waals surface area contributed by atoms with Gasteiger partial charge in [0.1, 0.15) is 0 Å². The van der Waals surface area contributed by atoms with Crippen LogP contribution in [-0.4, -0.2) is 37.5 Å². The Labute approximate surface area is 89.0 Å². The van der Waals surface area contributed by atoms with Crippen LogP contribution in [0.25, 0.3) is 0 Å². The van der Waals surface area contributed by atoms with Gasteiger partial charge in [-0.3, -0.25) is 14.4 Å². The lowest BCUT2D eigenvalue weighted by Gasteiger charge is -2.17. The molecule has 5 heteroatoms. The van der Waals surface area contributed by atoms with Gasteiger partial charge in [0.2, 0.25) is 0 Å². The van der Waals surface area contributed by atoms with Gasteiger partial charge in [0.25, 0.3) is 5.91 Å². The van der Waals surface area contributed by atoms with E-state index < -0.39 is 0 Å². The van der Waals surface area contributed by atoms with E-state index in [1.165, 1.54) is 7.11 Å². The number of amides is 1. The number of carbonyl (C=O) groups is 2. The summed E-state index contributed by atoms with van der Waals surface area (Å²) in [4.78, 5) is 27.1. The largest absolute Gasteiger partial charge is 0.379 e. The van der Waals surface area contributed by atoms with Crippen molar-refractivity contribution in [3.8, 4) is 0 Å². The van der Waals surface area contributed by atoms with E-state index in [0.29, 0.717) is 6.42 Å². The molecule has 0 atom stereocenters. The third kappa shape index (κ3) is 3.71. The lowest BCUT2D eigenvalue weighted by Crippen LogP contribution is -2.35. The Balaban J connectivity index is 2.36. The third-order valence-electron chi connectivity index (χ3n) is 2.30. The van der Waals surface area contributed by atoms with Crippen molar-refractivity contribution < 1.29 is 14.4 Å². The zero-order valence-corrected chi connectivity index (χ0v) is 9.08. The van der Waals surface area contributed by atoms with Crippen molar-refractivity contribution >= 4 is 11.7 Å². The molecular formula is C10H16N2O3. The van der Waals surface area contributed by atoms with Crippen LogP contribution >= 0.6 is 0 Å². The van der Waals surface area contributed by atoms with E-state index in [2.05, 4.69) is 5.32 Å². The van der Waals surface area contributed by atoms with Crippen LogP contribution in [0.5, 0.6) is 0 Å². The summed E-state index contributed by atoms with van der Waals surface area (Å²) in [6, 6.07) is 0. The van der Waals surface area contributed by atoms with Crippen molar-refractivity contribution in [2.24, 2.45) is 0 Å². The molecule has 1 aliphatic rings. The van der Waals surface area contributed by atoms with E-state index >= 15 is 0 Å². The van der Waals surface area contributed by atoms with E-state index in [4.69, 9.17) is 4.84 Å². The highest BCUT2D eigenvalue weighted by atomic mass is 16.7. The van der Waals surface area contributed by atoms with Crippen molar-refractivity contribution in [3.05, 3.63) is 11.8 Å². The van der Waals surface area contributed by atoms with Crippen LogP contribution in [0, 0.1) is 0 Å². The maximum absolute atomic E-state index is 11.3. The Morgan fingerprint density at radius 3 is 2.93 bits per heavy atom. The number of hydrogen-bond acceptors (Lipinski definition) is 4. The summed E-state index contributed by atoms with van der Waals surface area (Å²) < 4.78 is 0. The van der Waals surface area contributed by atoms with E-state index in [1.54, 1.807) is 13.1 Å². The molecule has 0 fully saturated rings. The quantitative estimate of drug-likeness (QED) is 0.678. The fourth-order valence-corrected chi connectivity index (χ4v) is 1.33. The van der Waals surface area contributed by atoms with Crippen LogP contribution in [-0.2, 0) is 14.4 Å². The Kier molecular flexibility index (Phi) is 4.30. The average Bonchev–Trinajstić information content (AvgIpc) is 2.25. The van der Waals surface area contributed by atoms with Gasteiger partial charge in [-0.15, -0.1) is 0 Å². The monoisotopic (exact) mass is 212 g/mol. The molecule has 1 rings (SSSR count). The lowest BCUT2D eigenvalue weighted by molar-refractivity contribution is -0.167. The molecule has 0 aromatic carbocycles. The van der Waals surface area contributed by atoms with Crippen molar-refractivity contribution in [3.63, 3.8) is 0 Å². The number of nitrogens with zero attached hydrogens (tertiary/aromatic N) is 1. The van der Waals surface area contributed by atoms with Gasteiger partial charge in [-0.1, -0.05) is 0 Å². The van der Waals surface area contributed by atoms with Gasteiger partial charge < -0.3 is 5.32 Å². The molecule has 15 heavy (non-hydrogen) atoms. The number of allylic oxidation sites excluding steroid dienone is 2. The summed E-state index contributed by atoms with van der Waals surface area (Å²) in [5, 5.41) is 4.09. The summed E-state index contributed by atoms with van der Waals surface area (Å²) in [6.45, 7) is 0.156. The number of hydrogen-bond donors (Lipinski definition) is 1. The lowest BCUT2D eigenvalue weighted by atomic mass is 10.0. The van der Waals surface area contributed by atoms with E-state index in [9.17, 15) is 9.59 Å². The zero-order valence-electron chi connectivity index (χ0n) is 9.08. The van der Waals surface area contributed by atoms with Crippen molar-refractivity contribution in [2.45, 2.75) is 19.3 Å². The number of nitrogens with one attached hydrogen (secondary N) is 1. The maximum atomic E-state index is 11.3. The molecule has 0 aromatic rings. The first-order chi connectivity index (χ1) is 7.13. The normalized spacial score (nSPS) is 15.9. The molecule has 0 radical (unpaired) electrons. The topological polar surface area (TPSA) is 58.6 Å². The zero-order chi connectivity index (χ0) is 11.3. The van der Waals surface area contributed by atoms with Gasteiger partial charge in [-0.05, 0) is 12.8 Å². The Morgan fingerprint density at radius 2 is 2.33 bits per heavy atom.